The normalized spacial score (nSPS) is 10.8. The van der Waals surface area contributed by atoms with Crippen LogP contribution >= 0.6 is 0 Å². The topological polar surface area (TPSA) is 70.2 Å². The van der Waals surface area contributed by atoms with Crippen molar-refractivity contribution < 1.29 is 13.9 Å². The van der Waals surface area contributed by atoms with Crippen LogP contribution in [0, 0.1) is 6.92 Å². The van der Waals surface area contributed by atoms with E-state index in [0.29, 0.717) is 29.3 Å². The second-order valence-electron chi connectivity index (χ2n) is 6.35. The van der Waals surface area contributed by atoms with Crippen LogP contribution in [0.25, 0.3) is 22.8 Å². The van der Waals surface area contributed by atoms with Gasteiger partial charge in [-0.15, -0.1) is 0 Å². The average molecular weight is 373 g/mol. The highest BCUT2D eigenvalue weighted by Gasteiger charge is 2.18. The zero-order chi connectivity index (χ0) is 19.3. The molecule has 4 aromatic rings. The highest BCUT2D eigenvalue weighted by Crippen LogP contribution is 2.28. The van der Waals surface area contributed by atoms with Crippen molar-refractivity contribution in [1.82, 2.24) is 14.8 Å². The molecule has 0 unspecified atom stereocenters. The van der Waals surface area contributed by atoms with E-state index in [4.69, 9.17) is 9.15 Å². The molecule has 4 rings (SSSR count). The Bertz CT molecular complexity index is 1070. The summed E-state index contributed by atoms with van der Waals surface area (Å²) in [7, 11) is 0. The Balaban J connectivity index is 1.52. The minimum Gasteiger partial charge on any atom is -0.460 e. The van der Waals surface area contributed by atoms with E-state index in [2.05, 4.69) is 10.1 Å². The van der Waals surface area contributed by atoms with E-state index in [1.165, 1.54) is 5.56 Å². The molecule has 2 aromatic carbocycles. The van der Waals surface area contributed by atoms with Crippen molar-refractivity contribution >= 4 is 5.97 Å². The molecule has 28 heavy (non-hydrogen) atoms. The Morgan fingerprint density at radius 3 is 2.71 bits per heavy atom. The maximum atomic E-state index is 12.6. The summed E-state index contributed by atoms with van der Waals surface area (Å²) in [5.74, 6) is 0.616. The summed E-state index contributed by atoms with van der Waals surface area (Å²) in [6.07, 6.45) is 5.17. The number of carbonyl (C=O) groups excluding carboxylic acids is 1. The highest BCUT2D eigenvalue weighted by atomic mass is 16.5. The van der Waals surface area contributed by atoms with Crippen molar-refractivity contribution in [3.05, 3.63) is 84.3 Å². The van der Waals surface area contributed by atoms with Gasteiger partial charge < -0.3 is 9.15 Å². The van der Waals surface area contributed by atoms with Gasteiger partial charge in [-0.3, -0.25) is 4.68 Å². The van der Waals surface area contributed by atoms with Crippen LogP contribution in [-0.4, -0.2) is 27.3 Å². The molecule has 0 spiro atoms. The fraction of sp³-hybridized carbons (Fsp3) is 0.136. The van der Waals surface area contributed by atoms with Gasteiger partial charge in [-0.2, -0.15) is 5.10 Å². The van der Waals surface area contributed by atoms with E-state index in [1.54, 1.807) is 35.3 Å². The van der Waals surface area contributed by atoms with Gasteiger partial charge in [-0.05, 0) is 25.1 Å². The second-order valence-corrected chi connectivity index (χ2v) is 6.35. The van der Waals surface area contributed by atoms with Gasteiger partial charge in [0.1, 0.15) is 6.61 Å². The maximum Gasteiger partial charge on any atom is 0.339 e. The molecule has 0 aliphatic carbocycles. The standard InChI is InChI=1S/C22H19N3O3/c1-16-7-9-17(10-8-16)20-15-23-21(28-20)18-5-2-3-6-19(18)22(26)27-14-13-25-12-4-11-24-25/h2-12,15H,13-14H2,1H3. The van der Waals surface area contributed by atoms with Crippen molar-refractivity contribution in [2.45, 2.75) is 13.5 Å². The van der Waals surface area contributed by atoms with Crippen LogP contribution in [0.4, 0.5) is 0 Å². The zero-order valence-electron chi connectivity index (χ0n) is 15.4. The molecule has 0 atom stereocenters. The number of hydrogen-bond acceptors (Lipinski definition) is 5. The predicted molar refractivity (Wildman–Crippen MR) is 105 cm³/mol. The van der Waals surface area contributed by atoms with E-state index >= 15 is 0 Å². The molecule has 0 fully saturated rings. The third-order valence-corrected chi connectivity index (χ3v) is 4.33. The average Bonchev–Trinajstić information content (AvgIpc) is 3.41. The van der Waals surface area contributed by atoms with Crippen molar-refractivity contribution in [2.75, 3.05) is 6.61 Å². The minimum absolute atomic E-state index is 0.231. The van der Waals surface area contributed by atoms with Crippen molar-refractivity contribution in [3.63, 3.8) is 0 Å². The number of ether oxygens (including phenoxy) is 1. The van der Waals surface area contributed by atoms with E-state index in [0.717, 1.165) is 5.56 Å². The predicted octanol–water partition coefficient (Wildman–Crippen LogP) is 4.37. The van der Waals surface area contributed by atoms with Crippen molar-refractivity contribution in [1.29, 1.82) is 0 Å². The zero-order valence-corrected chi connectivity index (χ0v) is 15.4. The van der Waals surface area contributed by atoms with Gasteiger partial charge in [0.2, 0.25) is 5.89 Å². The summed E-state index contributed by atoms with van der Waals surface area (Å²) in [5.41, 5.74) is 3.13. The molecular formula is C22H19N3O3. The van der Waals surface area contributed by atoms with Gasteiger partial charge >= 0.3 is 5.97 Å². The third kappa shape index (κ3) is 3.86. The van der Waals surface area contributed by atoms with Crippen LogP contribution in [0.15, 0.2) is 77.6 Å². The van der Waals surface area contributed by atoms with Crippen molar-refractivity contribution in [3.8, 4) is 22.8 Å². The lowest BCUT2D eigenvalue weighted by molar-refractivity contribution is 0.0488. The first-order chi connectivity index (χ1) is 13.7. The number of aromatic nitrogens is 3. The minimum atomic E-state index is -0.419. The van der Waals surface area contributed by atoms with Gasteiger partial charge in [0.25, 0.3) is 0 Å². The quantitative estimate of drug-likeness (QED) is 0.469. The Labute approximate surface area is 162 Å². The largest absolute Gasteiger partial charge is 0.460 e. The van der Waals surface area contributed by atoms with Crippen molar-refractivity contribution in [2.24, 2.45) is 0 Å². The Kier molecular flexibility index (Phi) is 5.01. The molecule has 0 saturated heterocycles. The number of carbonyl (C=O) groups is 1. The summed E-state index contributed by atoms with van der Waals surface area (Å²) in [5, 5.41) is 4.09. The monoisotopic (exact) mass is 373 g/mol. The molecule has 0 N–H and O–H groups in total. The summed E-state index contributed by atoms with van der Waals surface area (Å²) in [6, 6.07) is 17.0. The lowest BCUT2D eigenvalue weighted by Crippen LogP contribution is -2.12. The van der Waals surface area contributed by atoms with Gasteiger partial charge in [-0.1, -0.05) is 42.0 Å². The number of oxazole rings is 1. The summed E-state index contributed by atoms with van der Waals surface area (Å²) in [4.78, 5) is 16.9. The van der Waals surface area contributed by atoms with E-state index in [9.17, 15) is 4.79 Å². The van der Waals surface area contributed by atoms with Crippen LogP contribution < -0.4 is 0 Å². The van der Waals surface area contributed by atoms with Crippen LogP contribution in [-0.2, 0) is 11.3 Å². The molecule has 6 nitrogen and oxygen atoms in total. The molecule has 0 amide bonds. The molecule has 6 heteroatoms. The van der Waals surface area contributed by atoms with Gasteiger partial charge in [0.05, 0.1) is 23.9 Å². The smallest absolute Gasteiger partial charge is 0.339 e. The highest BCUT2D eigenvalue weighted by molar-refractivity contribution is 5.96. The lowest BCUT2D eigenvalue weighted by Gasteiger charge is -2.08. The van der Waals surface area contributed by atoms with Crippen LogP contribution in [0.2, 0.25) is 0 Å². The number of aryl methyl sites for hydroxylation is 1. The molecule has 0 bridgehead atoms. The van der Waals surface area contributed by atoms with E-state index in [1.807, 2.05) is 49.5 Å². The molecule has 0 radical (unpaired) electrons. The first kappa shape index (κ1) is 17.7. The second kappa shape index (κ2) is 7.92. The molecule has 140 valence electrons. The third-order valence-electron chi connectivity index (χ3n) is 4.33. The van der Waals surface area contributed by atoms with E-state index < -0.39 is 5.97 Å². The lowest BCUT2D eigenvalue weighted by atomic mass is 10.1. The maximum absolute atomic E-state index is 12.6. The van der Waals surface area contributed by atoms with Crippen LogP contribution in [0.5, 0.6) is 0 Å². The number of rotatable bonds is 6. The fourth-order valence-electron chi connectivity index (χ4n) is 2.84. The molecular weight excluding hydrogens is 354 g/mol. The fourth-order valence-corrected chi connectivity index (χ4v) is 2.84. The SMILES string of the molecule is Cc1ccc(-c2cnc(-c3ccccc3C(=O)OCCn3cccn3)o2)cc1. The molecule has 0 aliphatic heterocycles. The van der Waals surface area contributed by atoms with Crippen LogP contribution in [0.3, 0.4) is 0 Å². The van der Waals surface area contributed by atoms with Gasteiger partial charge in [0.15, 0.2) is 5.76 Å². The summed E-state index contributed by atoms with van der Waals surface area (Å²) >= 11 is 0. The number of nitrogens with zero attached hydrogens (tertiary/aromatic N) is 3. The van der Waals surface area contributed by atoms with Gasteiger partial charge in [-0.25, -0.2) is 9.78 Å². The summed E-state index contributed by atoms with van der Waals surface area (Å²) in [6.45, 7) is 2.76. The van der Waals surface area contributed by atoms with Crippen LogP contribution in [0.1, 0.15) is 15.9 Å². The number of hydrogen-bond donors (Lipinski definition) is 0. The number of benzene rings is 2. The molecule has 2 heterocycles. The summed E-state index contributed by atoms with van der Waals surface area (Å²) < 4.78 is 13.0. The molecule has 2 aromatic heterocycles. The van der Waals surface area contributed by atoms with Gasteiger partial charge in [0, 0.05) is 18.0 Å². The van der Waals surface area contributed by atoms with E-state index in [-0.39, 0.29) is 6.61 Å². The first-order valence-corrected chi connectivity index (χ1v) is 8.97. The Hall–Kier alpha value is -3.67. The Morgan fingerprint density at radius 2 is 1.93 bits per heavy atom. The molecule has 0 aliphatic rings. The Morgan fingerprint density at radius 1 is 1.11 bits per heavy atom. The molecule has 0 saturated carbocycles. The first-order valence-electron chi connectivity index (χ1n) is 8.97. The number of esters is 1.